The van der Waals surface area contributed by atoms with Crippen molar-refractivity contribution < 1.29 is 8.78 Å². The Kier molecular flexibility index (Phi) is 7.11. The minimum atomic E-state index is -0.553. The molecule has 130 valence electrons. The molecule has 0 spiro atoms. The summed E-state index contributed by atoms with van der Waals surface area (Å²) in [6.45, 7) is 3.39. The number of thiazole rings is 1. The van der Waals surface area contributed by atoms with E-state index in [1.807, 2.05) is 6.20 Å². The van der Waals surface area contributed by atoms with Crippen molar-refractivity contribution in [3.05, 3.63) is 51.5 Å². The Morgan fingerprint density at radius 3 is 2.38 bits per heavy atom. The average molecular weight is 352 g/mol. The Morgan fingerprint density at radius 2 is 1.79 bits per heavy atom. The van der Waals surface area contributed by atoms with E-state index in [1.54, 1.807) is 18.4 Å². The second kappa shape index (κ2) is 9.32. The van der Waals surface area contributed by atoms with Crippen molar-refractivity contribution in [3.8, 4) is 0 Å². The Hall–Kier alpha value is -2.02. The first kappa shape index (κ1) is 18.3. The average Bonchev–Trinajstić information content (AvgIpc) is 3.00. The Labute approximate surface area is 145 Å². The van der Waals surface area contributed by atoms with Gasteiger partial charge in [0.1, 0.15) is 11.6 Å². The zero-order valence-corrected chi connectivity index (χ0v) is 14.7. The van der Waals surface area contributed by atoms with Crippen LogP contribution in [0.4, 0.5) is 8.78 Å². The minimum Gasteiger partial charge on any atom is -0.356 e. The number of hydrogen-bond acceptors (Lipinski definition) is 3. The van der Waals surface area contributed by atoms with Crippen molar-refractivity contribution in [1.29, 1.82) is 0 Å². The lowest BCUT2D eigenvalue weighted by molar-refractivity contribution is 0.579. The van der Waals surface area contributed by atoms with Gasteiger partial charge in [0, 0.05) is 43.7 Å². The zero-order valence-electron chi connectivity index (χ0n) is 13.9. The maximum atomic E-state index is 13.1. The van der Waals surface area contributed by atoms with Crippen LogP contribution in [0.1, 0.15) is 22.4 Å². The van der Waals surface area contributed by atoms with Gasteiger partial charge in [-0.2, -0.15) is 0 Å². The number of halogens is 2. The number of hydrogen-bond donors (Lipinski definition) is 2. The van der Waals surface area contributed by atoms with Crippen molar-refractivity contribution in [3.63, 3.8) is 0 Å². The molecule has 0 saturated heterocycles. The smallest absolute Gasteiger partial charge is 0.191 e. The molecule has 0 aliphatic heterocycles. The van der Waals surface area contributed by atoms with E-state index < -0.39 is 11.6 Å². The van der Waals surface area contributed by atoms with Crippen molar-refractivity contribution >= 4 is 17.3 Å². The summed E-state index contributed by atoms with van der Waals surface area (Å²) in [5.41, 5.74) is 0.616. The van der Waals surface area contributed by atoms with Crippen LogP contribution in [0.5, 0.6) is 0 Å². The van der Waals surface area contributed by atoms with Gasteiger partial charge in [-0.3, -0.25) is 4.99 Å². The third-order valence-corrected chi connectivity index (χ3v) is 4.63. The zero-order chi connectivity index (χ0) is 17.4. The van der Waals surface area contributed by atoms with Gasteiger partial charge in [-0.05, 0) is 30.5 Å². The van der Waals surface area contributed by atoms with E-state index in [0.29, 0.717) is 24.5 Å². The summed E-state index contributed by atoms with van der Waals surface area (Å²) < 4.78 is 26.3. The molecule has 0 saturated carbocycles. The lowest BCUT2D eigenvalue weighted by Crippen LogP contribution is -2.39. The molecule has 0 fully saturated rings. The largest absolute Gasteiger partial charge is 0.356 e. The van der Waals surface area contributed by atoms with Crippen molar-refractivity contribution in [2.24, 2.45) is 4.99 Å². The summed E-state index contributed by atoms with van der Waals surface area (Å²) >= 11 is 1.73. The molecule has 1 aromatic carbocycles. The second-order valence-corrected chi connectivity index (χ2v) is 6.48. The standard InChI is InChI=1S/C17H22F2N4S/c1-3-15-11-23-16(24-15)5-7-22-17(20-2)21-6-4-12-8-13(18)10-14(19)9-12/h8-11H,3-7H2,1-2H3,(H2,20,21,22). The number of benzene rings is 1. The molecule has 0 aliphatic carbocycles. The number of aromatic nitrogens is 1. The molecule has 0 amide bonds. The fourth-order valence-electron chi connectivity index (χ4n) is 2.22. The van der Waals surface area contributed by atoms with Gasteiger partial charge in [0.15, 0.2) is 5.96 Å². The molecule has 0 unspecified atom stereocenters. The second-order valence-electron chi connectivity index (χ2n) is 5.28. The quantitative estimate of drug-likeness (QED) is 0.595. The highest BCUT2D eigenvalue weighted by Crippen LogP contribution is 2.13. The highest BCUT2D eigenvalue weighted by atomic mass is 32.1. The Morgan fingerprint density at radius 1 is 1.12 bits per heavy atom. The van der Waals surface area contributed by atoms with Gasteiger partial charge in [-0.15, -0.1) is 11.3 Å². The number of nitrogens with zero attached hydrogens (tertiary/aromatic N) is 2. The summed E-state index contributed by atoms with van der Waals surface area (Å²) in [4.78, 5) is 9.80. The molecular formula is C17H22F2N4S. The van der Waals surface area contributed by atoms with Gasteiger partial charge in [0.05, 0.1) is 5.01 Å². The number of guanidine groups is 1. The number of aliphatic imine (C=N–C) groups is 1. The molecule has 2 aromatic rings. The normalized spacial score (nSPS) is 11.6. The molecule has 0 radical (unpaired) electrons. The first-order chi connectivity index (χ1) is 11.6. The molecule has 7 heteroatoms. The molecule has 2 rings (SSSR count). The molecule has 24 heavy (non-hydrogen) atoms. The molecule has 4 nitrogen and oxygen atoms in total. The molecular weight excluding hydrogens is 330 g/mol. The fourth-order valence-corrected chi connectivity index (χ4v) is 3.08. The van der Waals surface area contributed by atoms with Crippen LogP contribution in [-0.4, -0.2) is 31.1 Å². The van der Waals surface area contributed by atoms with E-state index in [2.05, 4.69) is 27.5 Å². The van der Waals surface area contributed by atoms with Crippen LogP contribution in [0.25, 0.3) is 0 Å². The molecule has 0 bridgehead atoms. The summed E-state index contributed by atoms with van der Waals surface area (Å²) in [6, 6.07) is 3.56. The first-order valence-corrected chi connectivity index (χ1v) is 8.75. The maximum absolute atomic E-state index is 13.1. The molecule has 0 aliphatic rings. The van der Waals surface area contributed by atoms with Gasteiger partial charge < -0.3 is 10.6 Å². The fraction of sp³-hybridized carbons (Fsp3) is 0.412. The van der Waals surface area contributed by atoms with E-state index in [9.17, 15) is 8.78 Å². The van der Waals surface area contributed by atoms with E-state index in [0.717, 1.165) is 30.5 Å². The molecule has 2 N–H and O–H groups in total. The molecule has 0 atom stereocenters. The predicted molar refractivity (Wildman–Crippen MR) is 94.6 cm³/mol. The summed E-state index contributed by atoms with van der Waals surface area (Å²) in [7, 11) is 1.69. The van der Waals surface area contributed by atoms with Crippen LogP contribution in [0.15, 0.2) is 29.4 Å². The minimum absolute atomic E-state index is 0.516. The van der Waals surface area contributed by atoms with E-state index in [1.165, 1.54) is 17.0 Å². The summed E-state index contributed by atoms with van der Waals surface area (Å²) in [5, 5.41) is 7.45. The topological polar surface area (TPSA) is 49.3 Å². The van der Waals surface area contributed by atoms with Crippen molar-refractivity contribution in [2.45, 2.75) is 26.2 Å². The van der Waals surface area contributed by atoms with Crippen LogP contribution < -0.4 is 10.6 Å². The number of aryl methyl sites for hydroxylation is 1. The Balaban J connectivity index is 1.72. The van der Waals surface area contributed by atoms with Crippen LogP contribution in [0, 0.1) is 11.6 Å². The summed E-state index contributed by atoms with van der Waals surface area (Å²) in [6.07, 6.45) is 4.28. The van der Waals surface area contributed by atoms with Crippen LogP contribution in [0.2, 0.25) is 0 Å². The van der Waals surface area contributed by atoms with Gasteiger partial charge in [-0.1, -0.05) is 6.92 Å². The SMILES string of the molecule is CCc1cnc(CCNC(=NC)NCCc2cc(F)cc(F)c2)s1. The predicted octanol–water partition coefficient (Wildman–Crippen LogP) is 2.93. The highest BCUT2D eigenvalue weighted by molar-refractivity contribution is 7.11. The van der Waals surface area contributed by atoms with Gasteiger partial charge in [0.2, 0.25) is 0 Å². The summed E-state index contributed by atoms with van der Waals surface area (Å²) in [5.74, 6) is -0.441. The number of nitrogens with one attached hydrogen (secondary N) is 2. The van der Waals surface area contributed by atoms with Crippen LogP contribution in [-0.2, 0) is 19.3 Å². The van der Waals surface area contributed by atoms with E-state index in [4.69, 9.17) is 0 Å². The monoisotopic (exact) mass is 352 g/mol. The first-order valence-electron chi connectivity index (χ1n) is 7.93. The van der Waals surface area contributed by atoms with E-state index in [-0.39, 0.29) is 0 Å². The molecule has 1 heterocycles. The Bertz CT molecular complexity index is 665. The van der Waals surface area contributed by atoms with Gasteiger partial charge >= 0.3 is 0 Å². The molecule has 1 aromatic heterocycles. The van der Waals surface area contributed by atoms with Crippen molar-refractivity contribution in [1.82, 2.24) is 15.6 Å². The third kappa shape index (κ3) is 5.88. The van der Waals surface area contributed by atoms with Crippen molar-refractivity contribution in [2.75, 3.05) is 20.1 Å². The lowest BCUT2D eigenvalue weighted by atomic mass is 10.1. The lowest BCUT2D eigenvalue weighted by Gasteiger charge is -2.11. The van der Waals surface area contributed by atoms with Gasteiger partial charge in [-0.25, -0.2) is 13.8 Å². The highest BCUT2D eigenvalue weighted by Gasteiger charge is 2.03. The van der Waals surface area contributed by atoms with Crippen LogP contribution in [0.3, 0.4) is 0 Å². The van der Waals surface area contributed by atoms with Crippen LogP contribution >= 0.6 is 11.3 Å². The van der Waals surface area contributed by atoms with Gasteiger partial charge in [0.25, 0.3) is 0 Å². The third-order valence-electron chi connectivity index (χ3n) is 3.43. The maximum Gasteiger partial charge on any atom is 0.191 e. The number of rotatable bonds is 7. The van der Waals surface area contributed by atoms with E-state index >= 15 is 0 Å².